The summed E-state index contributed by atoms with van der Waals surface area (Å²) in [5.74, 6) is -0.265. The molecule has 1 heterocycles. The van der Waals surface area contributed by atoms with E-state index in [-0.39, 0.29) is 10.6 Å². The third-order valence-corrected chi connectivity index (χ3v) is 2.53. The van der Waals surface area contributed by atoms with Gasteiger partial charge in [0.1, 0.15) is 5.82 Å². The molecule has 1 aromatic heterocycles. The minimum atomic E-state index is -0.780. The molecule has 0 radical (unpaired) electrons. The monoisotopic (exact) mass is 291 g/mol. The molecule has 2 rings (SSSR count). The number of benzene rings is 1. The fourth-order valence-electron chi connectivity index (χ4n) is 1.43. The van der Waals surface area contributed by atoms with Crippen molar-refractivity contribution in [2.45, 2.75) is 0 Å². The first-order valence-electron chi connectivity index (χ1n) is 5.43. The summed E-state index contributed by atoms with van der Waals surface area (Å²) in [7, 11) is 0. The zero-order chi connectivity index (χ0) is 14.5. The minimum Gasteiger partial charge on any atom is -0.867 e. The lowest BCUT2D eigenvalue weighted by molar-refractivity contribution is -0.398. The number of nitro benzene ring substituents is 1. The number of hydrogen-bond acceptors (Lipinski definition) is 6. The first kappa shape index (κ1) is 13.8. The normalized spacial score (nSPS) is 10.7. The highest BCUT2D eigenvalue weighted by Gasteiger charge is 2.11. The standard InChI is InChI=1S/C12H9ClN4O3/c13-9-5-8(12(18)10(6-9)17(19)20)7-15-16-11-3-1-2-4-14-11/h1-7,18H,(H,14,16)/p-1/b15-7-. The number of nitrogens with one attached hydrogen (secondary N) is 1. The maximum atomic E-state index is 11.8. The summed E-state index contributed by atoms with van der Waals surface area (Å²) in [6.07, 6.45) is 2.73. The van der Waals surface area contributed by atoms with Gasteiger partial charge in [-0.3, -0.25) is 15.5 Å². The van der Waals surface area contributed by atoms with Crippen LogP contribution in [0.5, 0.6) is 5.75 Å². The summed E-state index contributed by atoms with van der Waals surface area (Å²) in [4.78, 5) is 13.9. The van der Waals surface area contributed by atoms with Gasteiger partial charge < -0.3 is 5.11 Å². The van der Waals surface area contributed by atoms with Crippen molar-refractivity contribution in [1.82, 2.24) is 4.98 Å². The number of pyridine rings is 1. The predicted molar refractivity (Wildman–Crippen MR) is 73.0 cm³/mol. The first-order chi connectivity index (χ1) is 9.58. The largest absolute Gasteiger partial charge is 0.867 e. The van der Waals surface area contributed by atoms with E-state index in [0.717, 1.165) is 12.3 Å². The Bertz CT molecular complexity index is 661. The molecule has 102 valence electrons. The van der Waals surface area contributed by atoms with Crippen LogP contribution in [-0.2, 0) is 0 Å². The summed E-state index contributed by atoms with van der Waals surface area (Å²) >= 11 is 5.72. The van der Waals surface area contributed by atoms with E-state index in [9.17, 15) is 15.2 Å². The average Bonchev–Trinajstić information content (AvgIpc) is 2.43. The Balaban J connectivity index is 2.23. The molecule has 0 spiro atoms. The second kappa shape index (κ2) is 5.98. The highest BCUT2D eigenvalue weighted by molar-refractivity contribution is 6.31. The number of hydrazone groups is 1. The zero-order valence-corrected chi connectivity index (χ0v) is 10.7. The maximum absolute atomic E-state index is 11.8. The van der Waals surface area contributed by atoms with Crippen LogP contribution in [0.2, 0.25) is 5.02 Å². The van der Waals surface area contributed by atoms with Gasteiger partial charge in [-0.25, -0.2) is 4.98 Å². The molecule has 0 saturated carbocycles. The van der Waals surface area contributed by atoms with Crippen molar-refractivity contribution in [3.8, 4) is 5.75 Å². The second-order valence-corrected chi connectivity index (χ2v) is 4.12. The molecule has 20 heavy (non-hydrogen) atoms. The molecule has 0 bridgehead atoms. The molecule has 0 aliphatic heterocycles. The molecule has 0 unspecified atom stereocenters. The highest BCUT2D eigenvalue weighted by atomic mass is 35.5. The quantitative estimate of drug-likeness (QED) is 0.528. The van der Waals surface area contributed by atoms with Crippen molar-refractivity contribution in [2.24, 2.45) is 5.10 Å². The van der Waals surface area contributed by atoms with Crippen LogP contribution < -0.4 is 10.5 Å². The molecule has 2 aromatic rings. The molecule has 0 aliphatic rings. The van der Waals surface area contributed by atoms with Gasteiger partial charge in [-0.05, 0) is 29.5 Å². The summed E-state index contributed by atoms with van der Waals surface area (Å²) < 4.78 is 0. The average molecular weight is 292 g/mol. The summed E-state index contributed by atoms with van der Waals surface area (Å²) in [5, 5.41) is 26.4. The Labute approximate surface area is 118 Å². The Hall–Kier alpha value is -2.67. The predicted octanol–water partition coefficient (Wildman–Crippen LogP) is 2.16. The van der Waals surface area contributed by atoms with Crippen molar-refractivity contribution >= 4 is 29.3 Å². The molecule has 0 saturated heterocycles. The van der Waals surface area contributed by atoms with Crippen LogP contribution in [0.25, 0.3) is 0 Å². The number of nitrogens with zero attached hydrogens (tertiary/aromatic N) is 3. The van der Waals surface area contributed by atoms with E-state index in [2.05, 4.69) is 15.5 Å². The Kier molecular flexibility index (Phi) is 4.11. The Morgan fingerprint density at radius 2 is 2.20 bits per heavy atom. The minimum absolute atomic E-state index is 0.0210. The number of nitro groups is 1. The molecule has 8 heteroatoms. The maximum Gasteiger partial charge on any atom is 0.263 e. The first-order valence-corrected chi connectivity index (χ1v) is 5.81. The number of aromatic nitrogens is 1. The fourth-order valence-corrected chi connectivity index (χ4v) is 1.65. The van der Waals surface area contributed by atoms with Gasteiger partial charge in [0, 0.05) is 17.3 Å². The number of anilines is 1. The van der Waals surface area contributed by atoms with E-state index < -0.39 is 16.4 Å². The number of rotatable bonds is 4. The van der Waals surface area contributed by atoms with Gasteiger partial charge in [0.15, 0.2) is 0 Å². The van der Waals surface area contributed by atoms with Gasteiger partial charge in [-0.2, -0.15) is 5.10 Å². The molecule has 1 N–H and O–H groups in total. The molecular formula is C12H8ClN4O3-. The summed E-state index contributed by atoms with van der Waals surface area (Å²) in [5.41, 5.74) is 2.03. The van der Waals surface area contributed by atoms with Crippen molar-refractivity contribution in [1.29, 1.82) is 0 Å². The molecule has 0 amide bonds. The van der Waals surface area contributed by atoms with E-state index in [1.165, 1.54) is 6.07 Å². The Morgan fingerprint density at radius 3 is 2.85 bits per heavy atom. The van der Waals surface area contributed by atoms with E-state index in [4.69, 9.17) is 11.6 Å². The van der Waals surface area contributed by atoms with E-state index >= 15 is 0 Å². The highest BCUT2D eigenvalue weighted by Crippen LogP contribution is 2.29. The molecule has 0 aliphatic carbocycles. The summed E-state index contributed by atoms with van der Waals surface area (Å²) in [6, 6.07) is 7.49. The van der Waals surface area contributed by atoms with Gasteiger partial charge >= 0.3 is 0 Å². The number of hydrogen-bond donors (Lipinski definition) is 1. The van der Waals surface area contributed by atoms with Crippen LogP contribution in [0, 0.1) is 10.1 Å². The van der Waals surface area contributed by atoms with E-state index in [1.54, 1.807) is 24.4 Å². The van der Waals surface area contributed by atoms with Crippen LogP contribution in [0.4, 0.5) is 11.5 Å². The van der Waals surface area contributed by atoms with Gasteiger partial charge in [0.05, 0.1) is 11.1 Å². The molecule has 1 aromatic carbocycles. The molecule has 7 nitrogen and oxygen atoms in total. The fraction of sp³-hybridized carbons (Fsp3) is 0. The zero-order valence-electron chi connectivity index (χ0n) is 9.99. The van der Waals surface area contributed by atoms with E-state index in [1.807, 2.05) is 0 Å². The van der Waals surface area contributed by atoms with Crippen molar-refractivity contribution in [3.63, 3.8) is 0 Å². The third-order valence-electron chi connectivity index (χ3n) is 2.31. The lowest BCUT2D eigenvalue weighted by Gasteiger charge is -2.10. The van der Waals surface area contributed by atoms with Crippen LogP contribution >= 0.6 is 11.6 Å². The van der Waals surface area contributed by atoms with Crippen LogP contribution in [0.3, 0.4) is 0 Å². The van der Waals surface area contributed by atoms with Crippen molar-refractivity contribution in [2.75, 3.05) is 5.43 Å². The van der Waals surface area contributed by atoms with Gasteiger partial charge in [0.25, 0.3) is 5.69 Å². The van der Waals surface area contributed by atoms with Gasteiger partial charge in [0.2, 0.25) is 0 Å². The Morgan fingerprint density at radius 1 is 1.40 bits per heavy atom. The lowest BCUT2D eigenvalue weighted by atomic mass is 10.2. The molecular weight excluding hydrogens is 284 g/mol. The third kappa shape index (κ3) is 3.21. The summed E-state index contributed by atoms with van der Waals surface area (Å²) in [6.45, 7) is 0. The van der Waals surface area contributed by atoms with Gasteiger partial charge in [-0.1, -0.05) is 17.7 Å². The smallest absolute Gasteiger partial charge is 0.263 e. The second-order valence-electron chi connectivity index (χ2n) is 3.69. The van der Waals surface area contributed by atoms with Crippen LogP contribution in [-0.4, -0.2) is 16.1 Å². The van der Waals surface area contributed by atoms with Gasteiger partial charge in [-0.15, -0.1) is 0 Å². The SMILES string of the molecule is O=[N+]([O-])c1cc(Cl)cc(/C=N\Nc2ccccn2)c1[O-]. The van der Waals surface area contributed by atoms with Crippen LogP contribution in [0.15, 0.2) is 41.6 Å². The number of halogens is 1. The topological polar surface area (TPSA) is 103 Å². The van der Waals surface area contributed by atoms with Crippen molar-refractivity contribution in [3.05, 3.63) is 57.2 Å². The van der Waals surface area contributed by atoms with E-state index in [0.29, 0.717) is 5.82 Å². The molecule has 0 fully saturated rings. The molecule has 0 atom stereocenters. The van der Waals surface area contributed by atoms with Crippen LogP contribution in [0.1, 0.15) is 5.56 Å². The van der Waals surface area contributed by atoms with Crippen molar-refractivity contribution < 1.29 is 10.0 Å². The lowest BCUT2D eigenvalue weighted by Crippen LogP contribution is -2.03.